The largest absolute Gasteiger partial charge is 0.472 e. The lowest BCUT2D eigenvalue weighted by Crippen LogP contribution is -2.64. The molecule has 1 aliphatic carbocycles. The second-order valence-electron chi connectivity index (χ2n) is 17.2. The maximum absolute atomic E-state index is 13.0. The van der Waals surface area contributed by atoms with Crippen molar-refractivity contribution in [3.63, 3.8) is 0 Å². The number of rotatable bonds is 41. The van der Waals surface area contributed by atoms with Crippen molar-refractivity contribution in [1.82, 2.24) is 0 Å². The summed E-state index contributed by atoms with van der Waals surface area (Å²) in [5.41, 5.74) is 0. The van der Waals surface area contributed by atoms with Crippen LogP contribution in [0.25, 0.3) is 0 Å². The Labute approximate surface area is 405 Å². The summed E-state index contributed by atoms with van der Waals surface area (Å²) in [7, 11) is -10.8. The van der Waals surface area contributed by atoms with E-state index in [1.165, 1.54) is 63.9 Å². The Balaban J connectivity index is 2.66. The van der Waals surface area contributed by atoms with Gasteiger partial charge in [-0.2, -0.15) is 0 Å². The first kappa shape index (κ1) is 63.4. The van der Waals surface area contributed by atoms with Gasteiger partial charge >= 0.3 is 27.6 Å². The lowest BCUT2D eigenvalue weighted by molar-refractivity contribution is -0.216. The molecule has 5 unspecified atom stereocenters. The first-order valence-electron chi connectivity index (χ1n) is 24.8. The summed E-state index contributed by atoms with van der Waals surface area (Å²) in [5, 5.41) is 41.3. The third kappa shape index (κ3) is 33.0. The van der Waals surface area contributed by atoms with E-state index in [4.69, 9.17) is 18.5 Å². The van der Waals surface area contributed by atoms with E-state index >= 15 is 0 Å². The van der Waals surface area contributed by atoms with Gasteiger partial charge in [-0.05, 0) is 70.3 Å². The molecule has 0 radical (unpaired) electrons. The monoisotopic (exact) mass is 1010 g/mol. The molecule has 0 aliphatic heterocycles. The lowest BCUT2D eigenvalue weighted by atomic mass is 9.85. The molecule has 0 saturated heterocycles. The summed E-state index contributed by atoms with van der Waals surface area (Å²) in [5.74, 6) is -1.67. The van der Waals surface area contributed by atoms with Crippen LogP contribution in [0.15, 0.2) is 60.8 Å². The van der Waals surface area contributed by atoms with Crippen LogP contribution in [-0.4, -0.2) is 109 Å². The number of phosphoric ester groups is 2. The van der Waals surface area contributed by atoms with Crippen LogP contribution >= 0.6 is 15.6 Å². The second kappa shape index (κ2) is 39.0. The van der Waals surface area contributed by atoms with E-state index in [-0.39, 0.29) is 31.5 Å². The Morgan fingerprint density at radius 2 is 1.00 bits per heavy atom. The fourth-order valence-corrected chi connectivity index (χ4v) is 8.69. The van der Waals surface area contributed by atoms with Gasteiger partial charge in [-0.25, -0.2) is 9.13 Å². The van der Waals surface area contributed by atoms with Gasteiger partial charge in [0.1, 0.15) is 43.2 Å². The number of hydrogen-bond donors (Lipinski definition) is 7. The van der Waals surface area contributed by atoms with Crippen molar-refractivity contribution in [3.05, 3.63) is 60.8 Å². The van der Waals surface area contributed by atoms with Crippen LogP contribution < -0.4 is 0 Å². The van der Waals surface area contributed by atoms with Gasteiger partial charge in [-0.3, -0.25) is 28.0 Å². The Morgan fingerprint density at radius 3 is 1.60 bits per heavy atom. The van der Waals surface area contributed by atoms with Gasteiger partial charge in [-0.1, -0.05) is 146 Å². The van der Waals surface area contributed by atoms with Gasteiger partial charge in [-0.15, -0.1) is 0 Å². The van der Waals surface area contributed by atoms with E-state index in [0.29, 0.717) is 6.42 Å². The van der Waals surface area contributed by atoms with Crippen molar-refractivity contribution in [3.8, 4) is 0 Å². The standard InChI is InChI=1S/C49H84O17P2/c1-3-5-7-9-11-13-15-17-18-19-20-22-24-26-28-30-32-36-43(52)64-41(39-63-68(60,61)66-49-46(55)44(53)45(54)48(47(49)56)65-67(57,58)59)38-62-42(51)37-33-35-40(50)34-31-29-27-25-23-21-16-14-12-10-8-6-4-2/h12,14,17-18,21,23,27,29,31,34,41,44-49,53-56H,3-11,13,15-16,19-20,22,24-26,28,30,32-33,35-39H2,1-2H3,(H,60,61)(H2,57,58,59)/b14-12-,18-17-,23-21-,29-27-,34-31+/t41-,44?,45?,46?,47?,48-,49+/m1/s1. The summed E-state index contributed by atoms with van der Waals surface area (Å²) in [6, 6.07) is 0. The van der Waals surface area contributed by atoms with E-state index in [1.54, 1.807) is 12.2 Å². The summed E-state index contributed by atoms with van der Waals surface area (Å²) in [4.78, 5) is 66.6. The highest BCUT2D eigenvalue weighted by atomic mass is 31.2. The number of esters is 2. The molecule has 7 N–H and O–H groups in total. The maximum Gasteiger partial charge on any atom is 0.472 e. The highest BCUT2D eigenvalue weighted by molar-refractivity contribution is 7.47. The predicted octanol–water partition coefficient (Wildman–Crippen LogP) is 9.02. The van der Waals surface area contributed by atoms with Crippen LogP contribution in [0.2, 0.25) is 0 Å². The zero-order valence-corrected chi connectivity index (χ0v) is 42.3. The molecule has 17 nitrogen and oxygen atoms in total. The van der Waals surface area contributed by atoms with Crippen molar-refractivity contribution in [2.75, 3.05) is 13.2 Å². The average molecular weight is 1010 g/mol. The minimum Gasteiger partial charge on any atom is -0.462 e. The molecule has 8 atom stereocenters. The number of carbonyl (C=O) groups excluding carboxylic acids is 3. The number of unbranched alkanes of at least 4 members (excludes halogenated alkanes) is 16. The molecule has 0 bridgehead atoms. The molecule has 0 amide bonds. The van der Waals surface area contributed by atoms with Gasteiger partial charge in [0, 0.05) is 19.3 Å². The highest BCUT2D eigenvalue weighted by Crippen LogP contribution is 2.49. The second-order valence-corrected chi connectivity index (χ2v) is 19.8. The summed E-state index contributed by atoms with van der Waals surface area (Å²) < 4.78 is 49.2. The topological polar surface area (TPSA) is 273 Å². The van der Waals surface area contributed by atoms with Crippen LogP contribution in [0.4, 0.5) is 0 Å². The first-order valence-corrected chi connectivity index (χ1v) is 27.8. The van der Waals surface area contributed by atoms with Crippen LogP contribution in [0.5, 0.6) is 0 Å². The smallest absolute Gasteiger partial charge is 0.462 e. The van der Waals surface area contributed by atoms with Gasteiger partial charge in [0.15, 0.2) is 11.9 Å². The number of carbonyl (C=O) groups is 3. The van der Waals surface area contributed by atoms with Gasteiger partial charge < -0.3 is 44.6 Å². The molecule has 0 aromatic heterocycles. The van der Waals surface area contributed by atoms with Crippen molar-refractivity contribution < 1.29 is 81.7 Å². The molecule has 1 aliphatic rings. The molecule has 1 saturated carbocycles. The zero-order chi connectivity index (χ0) is 50.5. The summed E-state index contributed by atoms with van der Waals surface area (Å²) in [6.45, 7) is 2.87. The fourth-order valence-electron chi connectivity index (χ4n) is 7.15. The zero-order valence-electron chi connectivity index (χ0n) is 40.5. The molecule has 0 aromatic rings. The number of phosphoric acid groups is 2. The van der Waals surface area contributed by atoms with E-state index in [9.17, 15) is 58.6 Å². The van der Waals surface area contributed by atoms with Crippen molar-refractivity contribution >= 4 is 33.4 Å². The quantitative estimate of drug-likeness (QED) is 0.00751. The number of hydrogen-bond acceptors (Lipinski definition) is 14. The molecular formula is C49H84O17P2. The van der Waals surface area contributed by atoms with Crippen LogP contribution in [-0.2, 0) is 46.6 Å². The molecule has 1 fully saturated rings. The molecule has 1 rings (SSSR count). The van der Waals surface area contributed by atoms with E-state index in [2.05, 4.69) is 48.8 Å². The van der Waals surface area contributed by atoms with Crippen LogP contribution in [0.1, 0.15) is 174 Å². The van der Waals surface area contributed by atoms with Crippen molar-refractivity contribution in [2.24, 2.45) is 0 Å². The highest BCUT2D eigenvalue weighted by Gasteiger charge is 2.54. The Bertz CT molecular complexity index is 1610. The van der Waals surface area contributed by atoms with Gasteiger partial charge in [0.05, 0.1) is 6.61 Å². The van der Waals surface area contributed by atoms with Crippen LogP contribution in [0, 0.1) is 0 Å². The summed E-state index contributed by atoms with van der Waals surface area (Å²) >= 11 is 0. The molecule has 68 heavy (non-hydrogen) atoms. The third-order valence-corrected chi connectivity index (χ3v) is 12.5. The van der Waals surface area contributed by atoms with E-state index in [0.717, 1.165) is 70.6 Å². The molecule has 19 heteroatoms. The molecule has 0 spiro atoms. The van der Waals surface area contributed by atoms with Crippen molar-refractivity contribution in [2.45, 2.75) is 217 Å². The molecule has 0 heterocycles. The Hall–Kier alpha value is -2.63. The summed E-state index contributed by atoms with van der Waals surface area (Å²) in [6.07, 6.45) is 27.4. The maximum atomic E-state index is 13.0. The number of ketones is 1. The average Bonchev–Trinajstić information content (AvgIpc) is 3.29. The lowest BCUT2D eigenvalue weighted by Gasteiger charge is -2.43. The number of aliphatic hydroxyl groups is 4. The van der Waals surface area contributed by atoms with Crippen LogP contribution in [0.3, 0.4) is 0 Å². The predicted molar refractivity (Wildman–Crippen MR) is 260 cm³/mol. The Morgan fingerprint density at radius 1 is 0.515 bits per heavy atom. The number of allylic oxidation sites excluding steroid dienone is 10. The third-order valence-electron chi connectivity index (χ3n) is 11.0. The molecular weight excluding hydrogens is 922 g/mol. The fraction of sp³-hybridized carbons (Fsp3) is 0.735. The Kier molecular flexibility index (Phi) is 36.4. The molecule has 392 valence electrons. The van der Waals surface area contributed by atoms with E-state index in [1.807, 2.05) is 12.2 Å². The number of aliphatic hydroxyl groups excluding tert-OH is 4. The normalized spacial score (nSPS) is 21.7. The molecule has 0 aromatic carbocycles. The number of ether oxygens (including phenoxy) is 2. The minimum absolute atomic E-state index is 0.0128. The van der Waals surface area contributed by atoms with E-state index < -0.39 is 83.5 Å². The van der Waals surface area contributed by atoms with Gasteiger partial charge in [0.2, 0.25) is 0 Å². The minimum atomic E-state index is -5.39. The van der Waals surface area contributed by atoms with Gasteiger partial charge in [0.25, 0.3) is 0 Å². The SMILES string of the molecule is CCCCC/C=C\C/C=C\C/C=C\C=C\C(=O)CCCC(=O)OC[C@H](COP(=O)(O)O[C@H]1C(O)C(O)C(O)[C@@H](OP(=O)(O)O)C1O)OC(=O)CCCCCCCCC/C=C\CCCCCCCC. The first-order chi connectivity index (χ1) is 32.5. The van der Waals surface area contributed by atoms with Crippen molar-refractivity contribution in [1.29, 1.82) is 0 Å².